The zero-order valence-corrected chi connectivity index (χ0v) is 25.7. The van der Waals surface area contributed by atoms with E-state index < -0.39 is 6.04 Å². The molecule has 0 radical (unpaired) electrons. The SMILES string of the molecule is COc1cc2c(cc1Nc1ncc(Br)c(Nc3ccc4nccnc4c3P(C)(C)=S)n1)-c1cnn(C)c1CCN2. The van der Waals surface area contributed by atoms with Crippen LogP contribution in [0.1, 0.15) is 5.69 Å². The minimum atomic E-state index is -1.91. The van der Waals surface area contributed by atoms with Gasteiger partial charge >= 0.3 is 0 Å². The monoisotopic (exact) mass is 635 g/mol. The van der Waals surface area contributed by atoms with E-state index in [1.165, 1.54) is 5.69 Å². The van der Waals surface area contributed by atoms with Crippen LogP contribution in [0, 0.1) is 0 Å². The average molecular weight is 637 g/mol. The van der Waals surface area contributed by atoms with Crippen molar-refractivity contribution in [3.8, 4) is 16.9 Å². The molecule has 5 aromatic rings. The van der Waals surface area contributed by atoms with E-state index in [9.17, 15) is 0 Å². The summed E-state index contributed by atoms with van der Waals surface area (Å²) < 4.78 is 8.38. The molecule has 0 saturated heterocycles. The lowest BCUT2D eigenvalue weighted by molar-refractivity contribution is 0.417. The number of hydrogen-bond donors (Lipinski definition) is 3. The zero-order chi connectivity index (χ0) is 28.0. The predicted octanol–water partition coefficient (Wildman–Crippen LogP) is 5.41. The minimum absolute atomic E-state index is 0.409. The molecule has 13 heteroatoms. The van der Waals surface area contributed by atoms with E-state index in [2.05, 4.69) is 71.3 Å². The molecular formula is C27H27BrN9OPS. The summed E-state index contributed by atoms with van der Waals surface area (Å²) in [7, 11) is 3.62. The molecular weight excluding hydrogens is 609 g/mol. The Kier molecular flexibility index (Phi) is 6.93. The number of nitrogens with one attached hydrogen (secondary N) is 3. The van der Waals surface area contributed by atoms with Gasteiger partial charge in [-0.05, 0) is 53.5 Å². The van der Waals surface area contributed by atoms with Crippen molar-refractivity contribution >= 4 is 78.9 Å². The van der Waals surface area contributed by atoms with Gasteiger partial charge in [-0.3, -0.25) is 14.6 Å². The van der Waals surface area contributed by atoms with Gasteiger partial charge in [-0.25, -0.2) is 4.98 Å². The fourth-order valence-corrected chi connectivity index (χ4v) is 7.18. The van der Waals surface area contributed by atoms with E-state index in [-0.39, 0.29) is 0 Å². The lowest BCUT2D eigenvalue weighted by Gasteiger charge is -2.20. The Morgan fingerprint density at radius 2 is 1.88 bits per heavy atom. The number of anilines is 5. The summed E-state index contributed by atoms with van der Waals surface area (Å²) >= 11 is 9.57. The summed E-state index contributed by atoms with van der Waals surface area (Å²) in [6.45, 7) is 4.99. The first-order valence-corrected chi connectivity index (χ1v) is 17.0. The van der Waals surface area contributed by atoms with E-state index in [0.717, 1.165) is 57.5 Å². The molecule has 0 saturated carbocycles. The van der Waals surface area contributed by atoms with E-state index in [0.29, 0.717) is 22.0 Å². The number of hydrogen-bond acceptors (Lipinski definition) is 10. The van der Waals surface area contributed by atoms with Crippen LogP contribution in [0.4, 0.5) is 28.8 Å². The highest BCUT2D eigenvalue weighted by molar-refractivity contribution is 9.10. The Balaban J connectivity index is 1.38. The van der Waals surface area contributed by atoms with E-state index in [4.69, 9.17) is 21.5 Å². The number of methoxy groups -OCH3 is 1. The first kappa shape index (κ1) is 26.6. The van der Waals surface area contributed by atoms with Crippen molar-refractivity contribution in [3.63, 3.8) is 0 Å². The van der Waals surface area contributed by atoms with Crippen molar-refractivity contribution < 1.29 is 4.74 Å². The second-order valence-electron chi connectivity index (χ2n) is 9.78. The fourth-order valence-electron chi connectivity index (χ4n) is 4.95. The maximum absolute atomic E-state index is 5.97. The Morgan fingerprint density at radius 3 is 2.67 bits per heavy atom. The van der Waals surface area contributed by atoms with Crippen molar-refractivity contribution in [3.05, 3.63) is 59.2 Å². The molecule has 0 unspecified atom stereocenters. The van der Waals surface area contributed by atoms with Gasteiger partial charge in [0.2, 0.25) is 5.95 Å². The van der Waals surface area contributed by atoms with Crippen LogP contribution in [-0.4, -0.2) is 56.7 Å². The highest BCUT2D eigenvalue weighted by Gasteiger charge is 2.22. The maximum atomic E-state index is 5.97. The number of halogens is 1. The van der Waals surface area contributed by atoms with Crippen molar-refractivity contribution in [1.82, 2.24) is 29.7 Å². The summed E-state index contributed by atoms with van der Waals surface area (Å²) in [5.41, 5.74) is 7.52. The fraction of sp³-hybridized carbons (Fsp3) is 0.222. The summed E-state index contributed by atoms with van der Waals surface area (Å²) in [6, 6.07) is 6.06. The summed E-state index contributed by atoms with van der Waals surface area (Å²) in [5.74, 6) is 1.68. The lowest BCUT2D eigenvalue weighted by atomic mass is 10.0. The Morgan fingerprint density at radius 1 is 1.05 bits per heavy atom. The molecule has 3 N–H and O–H groups in total. The second-order valence-corrected chi connectivity index (χ2v) is 16.5. The molecule has 3 aromatic heterocycles. The van der Waals surface area contributed by atoms with Crippen LogP contribution < -0.4 is 26.0 Å². The van der Waals surface area contributed by atoms with Crippen molar-refractivity contribution in [2.24, 2.45) is 7.05 Å². The van der Waals surface area contributed by atoms with Gasteiger partial charge in [-0.15, -0.1) is 0 Å². The van der Waals surface area contributed by atoms with E-state index >= 15 is 0 Å². The number of aryl methyl sites for hydroxylation is 1. The molecule has 0 bridgehead atoms. The number of aromatic nitrogens is 6. The third-order valence-corrected chi connectivity index (χ3v) is 9.42. The van der Waals surface area contributed by atoms with Crippen LogP contribution >= 0.6 is 22.0 Å². The van der Waals surface area contributed by atoms with Gasteiger partial charge in [-0.2, -0.15) is 10.1 Å². The van der Waals surface area contributed by atoms with E-state index in [1.54, 1.807) is 25.7 Å². The Hall–Kier alpha value is -3.60. The van der Waals surface area contributed by atoms with Crippen molar-refractivity contribution in [1.29, 1.82) is 0 Å². The predicted molar refractivity (Wildman–Crippen MR) is 169 cm³/mol. The quantitative estimate of drug-likeness (QED) is 0.209. The molecule has 2 aromatic carbocycles. The summed E-state index contributed by atoms with van der Waals surface area (Å²) in [5, 5.41) is 15.8. The first-order valence-electron chi connectivity index (χ1n) is 12.6. The molecule has 204 valence electrons. The average Bonchev–Trinajstić information content (AvgIpc) is 3.19. The normalized spacial score (nSPS) is 12.7. The molecule has 0 fully saturated rings. The summed E-state index contributed by atoms with van der Waals surface area (Å²) in [6.07, 6.45) is 7.88. The highest BCUT2D eigenvalue weighted by Crippen LogP contribution is 2.43. The molecule has 0 aliphatic carbocycles. The first-order chi connectivity index (χ1) is 19.2. The van der Waals surface area contributed by atoms with E-state index in [1.807, 2.05) is 36.1 Å². The highest BCUT2D eigenvalue weighted by atomic mass is 79.9. The lowest BCUT2D eigenvalue weighted by Crippen LogP contribution is -2.14. The third-order valence-electron chi connectivity index (χ3n) is 6.76. The molecule has 40 heavy (non-hydrogen) atoms. The number of benzene rings is 2. The van der Waals surface area contributed by atoms with Gasteiger partial charge < -0.3 is 20.7 Å². The van der Waals surface area contributed by atoms with Gasteiger partial charge in [-0.1, -0.05) is 11.8 Å². The molecule has 1 aliphatic rings. The molecule has 6 rings (SSSR count). The third kappa shape index (κ3) is 4.91. The number of ether oxygens (including phenoxy) is 1. The Labute approximate surface area is 245 Å². The smallest absolute Gasteiger partial charge is 0.229 e. The van der Waals surface area contributed by atoms with Gasteiger partial charge in [0.25, 0.3) is 0 Å². The molecule has 10 nitrogen and oxygen atoms in total. The number of rotatable bonds is 6. The van der Waals surface area contributed by atoms with Crippen LogP contribution in [0.3, 0.4) is 0 Å². The maximum Gasteiger partial charge on any atom is 0.229 e. The molecule has 0 atom stereocenters. The molecule has 4 heterocycles. The van der Waals surface area contributed by atoms with Crippen LogP contribution in [0.5, 0.6) is 5.75 Å². The standard InChI is InChI=1S/C27H27BrN9OPS/c1-37-22-7-8-29-20-12-23(38-2)21(11-15(20)16(22)13-33-37)35-27-32-14-17(28)26(36-27)34-19-6-5-18-24(31-10-9-30-18)25(19)39(3,4)40/h5-6,9-14,29H,7-8H2,1-4H3,(H2,32,34,35,36). The summed E-state index contributed by atoms with van der Waals surface area (Å²) in [4.78, 5) is 18.4. The topological polar surface area (TPSA) is 115 Å². The number of fused-ring (bicyclic) bond motifs is 4. The Bertz CT molecular complexity index is 1820. The van der Waals surface area contributed by atoms with Gasteiger partial charge in [0.05, 0.1) is 40.2 Å². The van der Waals surface area contributed by atoms with Crippen molar-refractivity contribution in [2.75, 3.05) is 42.9 Å². The molecule has 0 amide bonds. The van der Waals surface area contributed by atoms with Crippen LogP contribution in [0.25, 0.3) is 22.2 Å². The van der Waals surface area contributed by atoms with Crippen LogP contribution in [0.2, 0.25) is 0 Å². The number of nitrogens with zero attached hydrogens (tertiary/aromatic N) is 6. The van der Waals surface area contributed by atoms with Gasteiger partial charge in [0.15, 0.2) is 0 Å². The van der Waals surface area contributed by atoms with Crippen molar-refractivity contribution in [2.45, 2.75) is 6.42 Å². The largest absolute Gasteiger partial charge is 0.494 e. The van der Waals surface area contributed by atoms with Gasteiger partial charge in [0.1, 0.15) is 11.6 Å². The second kappa shape index (κ2) is 10.4. The minimum Gasteiger partial charge on any atom is -0.494 e. The zero-order valence-electron chi connectivity index (χ0n) is 22.4. The van der Waals surface area contributed by atoms with Crippen LogP contribution in [0.15, 0.2) is 53.5 Å². The molecule has 1 aliphatic heterocycles. The van der Waals surface area contributed by atoms with Gasteiger partial charge in [0, 0.05) is 72.5 Å². The van der Waals surface area contributed by atoms with Crippen LogP contribution in [-0.2, 0) is 25.3 Å². The molecule has 0 spiro atoms.